The molecule has 13 heavy (non-hydrogen) atoms. The van der Waals surface area contributed by atoms with Crippen molar-refractivity contribution >= 4 is 15.9 Å². The molecule has 0 aliphatic rings. The number of alkyl halides is 1. The average molecular weight is 246 g/mol. The van der Waals surface area contributed by atoms with Gasteiger partial charge < -0.3 is 10.2 Å². The Morgan fingerprint density at radius 3 is 2.69 bits per heavy atom. The molecule has 4 heteroatoms. The first-order valence-corrected chi connectivity index (χ1v) is 5.13. The van der Waals surface area contributed by atoms with Crippen molar-refractivity contribution in [1.29, 1.82) is 0 Å². The quantitative estimate of drug-likeness (QED) is 0.787. The summed E-state index contributed by atoms with van der Waals surface area (Å²) in [7, 11) is 0. The summed E-state index contributed by atoms with van der Waals surface area (Å²) in [5.74, 6) is 0. The van der Waals surface area contributed by atoms with Gasteiger partial charge in [0.25, 0.3) is 0 Å². The number of hydrogen-bond acceptors (Lipinski definition) is 3. The third-order valence-corrected chi connectivity index (χ3v) is 2.40. The molecule has 0 bridgehead atoms. The Balaban J connectivity index is 2.82. The molecule has 1 aromatic heterocycles. The van der Waals surface area contributed by atoms with Crippen molar-refractivity contribution < 1.29 is 10.2 Å². The van der Waals surface area contributed by atoms with Gasteiger partial charge in [-0.25, -0.2) is 0 Å². The van der Waals surface area contributed by atoms with Crippen LogP contribution in [0.5, 0.6) is 0 Å². The van der Waals surface area contributed by atoms with Crippen LogP contribution in [-0.2, 0) is 0 Å². The van der Waals surface area contributed by atoms with Crippen LogP contribution in [0.1, 0.15) is 17.5 Å². The third-order valence-electron chi connectivity index (χ3n) is 1.74. The molecule has 1 heterocycles. The van der Waals surface area contributed by atoms with Crippen LogP contribution in [0.15, 0.2) is 18.2 Å². The van der Waals surface area contributed by atoms with Crippen LogP contribution in [0, 0.1) is 6.92 Å². The van der Waals surface area contributed by atoms with Crippen LogP contribution in [0.4, 0.5) is 0 Å². The van der Waals surface area contributed by atoms with Crippen LogP contribution < -0.4 is 0 Å². The summed E-state index contributed by atoms with van der Waals surface area (Å²) in [5.41, 5.74) is 1.34. The summed E-state index contributed by atoms with van der Waals surface area (Å²) in [6.45, 7) is 1.84. The fourth-order valence-corrected chi connectivity index (χ4v) is 1.36. The Hall–Kier alpha value is -0.450. The Morgan fingerprint density at radius 2 is 2.15 bits per heavy atom. The van der Waals surface area contributed by atoms with Crippen molar-refractivity contribution in [3.63, 3.8) is 0 Å². The molecule has 3 nitrogen and oxygen atoms in total. The number of rotatable bonds is 3. The molecule has 2 N–H and O–H groups in total. The molecule has 2 unspecified atom stereocenters. The lowest BCUT2D eigenvalue weighted by Gasteiger charge is -2.14. The number of aliphatic hydroxyl groups is 2. The van der Waals surface area contributed by atoms with Crippen LogP contribution in [0.3, 0.4) is 0 Å². The van der Waals surface area contributed by atoms with Gasteiger partial charge >= 0.3 is 0 Å². The molecule has 2 atom stereocenters. The summed E-state index contributed by atoms with van der Waals surface area (Å²) >= 11 is 3.09. The van der Waals surface area contributed by atoms with Gasteiger partial charge in [0.05, 0.1) is 11.8 Å². The van der Waals surface area contributed by atoms with Gasteiger partial charge in [-0.15, -0.1) is 0 Å². The van der Waals surface area contributed by atoms with E-state index in [2.05, 4.69) is 20.9 Å². The topological polar surface area (TPSA) is 53.4 Å². The Morgan fingerprint density at radius 1 is 1.46 bits per heavy atom. The van der Waals surface area contributed by atoms with Gasteiger partial charge in [0.15, 0.2) is 0 Å². The lowest BCUT2D eigenvalue weighted by Crippen LogP contribution is -2.20. The van der Waals surface area contributed by atoms with E-state index in [4.69, 9.17) is 0 Å². The monoisotopic (exact) mass is 245 g/mol. The molecule has 72 valence electrons. The fraction of sp³-hybridized carbons (Fsp3) is 0.444. The predicted octanol–water partition coefficient (Wildman–Crippen LogP) is 1.18. The van der Waals surface area contributed by atoms with E-state index in [1.807, 2.05) is 19.1 Å². The number of aromatic nitrogens is 1. The molecular weight excluding hydrogens is 234 g/mol. The van der Waals surface area contributed by atoms with E-state index >= 15 is 0 Å². The molecular formula is C9H12BrNO2. The third kappa shape index (κ3) is 2.76. The largest absolute Gasteiger partial charge is 0.389 e. The molecule has 0 aliphatic heterocycles. The summed E-state index contributed by atoms with van der Waals surface area (Å²) in [4.78, 5) is 4.11. The Kier molecular flexibility index (Phi) is 3.84. The highest BCUT2D eigenvalue weighted by atomic mass is 79.9. The highest BCUT2D eigenvalue weighted by Crippen LogP contribution is 2.15. The van der Waals surface area contributed by atoms with Crippen molar-refractivity contribution in [2.75, 3.05) is 5.33 Å². The second-order valence-electron chi connectivity index (χ2n) is 2.87. The minimum Gasteiger partial charge on any atom is -0.389 e. The second-order valence-corrected chi connectivity index (χ2v) is 3.52. The summed E-state index contributed by atoms with van der Waals surface area (Å²) < 4.78 is 0. The van der Waals surface area contributed by atoms with Crippen LogP contribution >= 0.6 is 15.9 Å². The molecule has 0 aliphatic carbocycles. The molecule has 0 radical (unpaired) electrons. The van der Waals surface area contributed by atoms with E-state index in [1.54, 1.807) is 6.07 Å². The standard InChI is InChI=1S/C9H12BrNO2/c1-6-3-2-4-7(11-6)9(13)8(12)5-10/h2-4,8-9,12-13H,5H2,1H3. The van der Waals surface area contributed by atoms with Crippen LogP contribution in [0.2, 0.25) is 0 Å². The van der Waals surface area contributed by atoms with E-state index in [0.29, 0.717) is 11.0 Å². The lowest BCUT2D eigenvalue weighted by molar-refractivity contribution is 0.0314. The van der Waals surface area contributed by atoms with E-state index in [1.165, 1.54) is 0 Å². The smallest absolute Gasteiger partial charge is 0.123 e. The average Bonchev–Trinajstić information content (AvgIpc) is 2.15. The zero-order chi connectivity index (χ0) is 9.84. The van der Waals surface area contributed by atoms with Gasteiger partial charge in [0.2, 0.25) is 0 Å². The van der Waals surface area contributed by atoms with E-state index < -0.39 is 12.2 Å². The molecule has 1 rings (SSSR count). The van der Waals surface area contributed by atoms with Crippen molar-refractivity contribution in [2.24, 2.45) is 0 Å². The minimum atomic E-state index is -0.917. The molecule has 0 saturated heterocycles. The second kappa shape index (κ2) is 4.69. The number of hydrogen-bond donors (Lipinski definition) is 2. The SMILES string of the molecule is Cc1cccc(C(O)C(O)CBr)n1. The highest BCUT2D eigenvalue weighted by molar-refractivity contribution is 9.09. The van der Waals surface area contributed by atoms with E-state index in [9.17, 15) is 10.2 Å². The van der Waals surface area contributed by atoms with Gasteiger partial charge in [-0.1, -0.05) is 22.0 Å². The summed E-state index contributed by atoms with van der Waals surface area (Å²) in [6, 6.07) is 5.35. The van der Waals surface area contributed by atoms with Gasteiger partial charge in [0.1, 0.15) is 6.10 Å². The van der Waals surface area contributed by atoms with E-state index in [-0.39, 0.29) is 0 Å². The van der Waals surface area contributed by atoms with Crippen LogP contribution in [-0.4, -0.2) is 26.6 Å². The van der Waals surface area contributed by atoms with Gasteiger partial charge in [0, 0.05) is 11.0 Å². The number of aryl methyl sites for hydroxylation is 1. The number of aliphatic hydroxyl groups excluding tert-OH is 2. The maximum atomic E-state index is 9.57. The molecule has 0 amide bonds. The van der Waals surface area contributed by atoms with Gasteiger partial charge in [-0.05, 0) is 19.1 Å². The van der Waals surface area contributed by atoms with Crippen molar-refractivity contribution in [1.82, 2.24) is 4.98 Å². The van der Waals surface area contributed by atoms with Crippen molar-refractivity contribution in [3.8, 4) is 0 Å². The number of nitrogens with zero attached hydrogens (tertiary/aromatic N) is 1. The van der Waals surface area contributed by atoms with Gasteiger partial charge in [-0.2, -0.15) is 0 Å². The maximum absolute atomic E-state index is 9.57. The zero-order valence-electron chi connectivity index (χ0n) is 7.31. The molecule has 0 saturated carbocycles. The first-order chi connectivity index (χ1) is 6.15. The normalized spacial score (nSPS) is 15.4. The number of halogens is 1. The molecule has 0 spiro atoms. The lowest BCUT2D eigenvalue weighted by atomic mass is 10.1. The molecule has 0 aromatic carbocycles. The highest BCUT2D eigenvalue weighted by Gasteiger charge is 2.17. The van der Waals surface area contributed by atoms with Crippen LogP contribution in [0.25, 0.3) is 0 Å². The van der Waals surface area contributed by atoms with Crippen molar-refractivity contribution in [3.05, 3.63) is 29.6 Å². The van der Waals surface area contributed by atoms with Crippen molar-refractivity contribution in [2.45, 2.75) is 19.1 Å². The molecule has 1 aromatic rings. The zero-order valence-corrected chi connectivity index (χ0v) is 8.90. The Bertz CT molecular complexity index is 280. The predicted molar refractivity (Wildman–Crippen MR) is 53.7 cm³/mol. The first kappa shape index (κ1) is 10.6. The Labute approximate surface area is 85.6 Å². The fourth-order valence-electron chi connectivity index (χ4n) is 1.01. The summed E-state index contributed by atoms with van der Waals surface area (Å²) in [5, 5.41) is 19.2. The maximum Gasteiger partial charge on any atom is 0.123 e. The number of pyridine rings is 1. The van der Waals surface area contributed by atoms with E-state index in [0.717, 1.165) is 5.69 Å². The summed E-state index contributed by atoms with van der Waals surface area (Å²) in [6.07, 6.45) is -1.73. The van der Waals surface area contributed by atoms with Gasteiger partial charge in [-0.3, -0.25) is 4.98 Å². The first-order valence-electron chi connectivity index (χ1n) is 4.01. The molecule has 0 fully saturated rings. The minimum absolute atomic E-state index is 0.337.